The third-order valence-electron chi connectivity index (χ3n) is 3.13. The van der Waals surface area contributed by atoms with Crippen LogP contribution < -0.4 is 5.11 Å². The molecule has 0 aromatic carbocycles. The Morgan fingerprint density at radius 3 is 1.44 bits per heavy atom. The quantitative estimate of drug-likeness (QED) is 0.507. The van der Waals surface area contributed by atoms with Crippen LogP contribution in [0.15, 0.2) is 12.2 Å². The molecule has 0 heterocycles. The van der Waals surface area contributed by atoms with E-state index in [9.17, 15) is 62.6 Å². The molecule has 0 aliphatic carbocycles. The van der Waals surface area contributed by atoms with Crippen molar-refractivity contribution in [2.24, 2.45) is 0 Å². The smallest absolute Gasteiger partial charge is 0.434 e. The highest BCUT2D eigenvalue weighted by atomic mass is 19.4. The van der Waals surface area contributed by atoms with Gasteiger partial charge in [0.2, 0.25) is 5.67 Å². The molecule has 25 heavy (non-hydrogen) atoms. The molecule has 0 aromatic heterocycles. The van der Waals surface area contributed by atoms with Gasteiger partial charge in [-0.2, -0.15) is 39.5 Å². The van der Waals surface area contributed by atoms with Crippen LogP contribution in [0.4, 0.5) is 52.7 Å². The second-order valence-electron chi connectivity index (χ2n) is 4.82. The molecular formula is C11H7F12O2-. The van der Waals surface area contributed by atoms with Gasteiger partial charge in [0, 0.05) is 0 Å². The fraction of sp³-hybridized carbons (Fsp3) is 0.727. The van der Waals surface area contributed by atoms with Crippen molar-refractivity contribution in [2.75, 3.05) is 0 Å². The molecule has 0 aromatic rings. The highest BCUT2D eigenvalue weighted by Gasteiger charge is 2.83. The fourth-order valence-corrected chi connectivity index (χ4v) is 1.61. The lowest BCUT2D eigenvalue weighted by Crippen LogP contribution is -2.68. The number of hydrogen-bond acceptors (Lipinski definition) is 2. The van der Waals surface area contributed by atoms with Crippen molar-refractivity contribution in [1.29, 1.82) is 0 Å². The van der Waals surface area contributed by atoms with Crippen LogP contribution in [0, 0.1) is 0 Å². The summed E-state index contributed by atoms with van der Waals surface area (Å²) in [7, 11) is 0. The van der Waals surface area contributed by atoms with Crippen molar-refractivity contribution in [1.82, 2.24) is 0 Å². The van der Waals surface area contributed by atoms with Crippen molar-refractivity contribution in [2.45, 2.75) is 48.9 Å². The molecule has 0 amide bonds. The second-order valence-corrected chi connectivity index (χ2v) is 4.82. The monoisotopic (exact) mass is 399 g/mol. The van der Waals surface area contributed by atoms with Crippen molar-refractivity contribution in [3.63, 3.8) is 0 Å². The molecule has 0 fully saturated rings. The van der Waals surface area contributed by atoms with E-state index in [1.54, 1.807) is 0 Å². The zero-order valence-corrected chi connectivity index (χ0v) is 11.6. The summed E-state index contributed by atoms with van der Waals surface area (Å²) >= 11 is 0. The van der Waals surface area contributed by atoms with E-state index in [4.69, 9.17) is 0 Å². The van der Waals surface area contributed by atoms with Gasteiger partial charge >= 0.3 is 24.2 Å². The van der Waals surface area contributed by atoms with E-state index in [1.165, 1.54) is 0 Å². The number of carboxylic acids is 1. The van der Waals surface area contributed by atoms with Gasteiger partial charge in [-0.05, 0) is 18.4 Å². The predicted molar refractivity (Wildman–Crippen MR) is 54.1 cm³/mol. The Labute approximate surface area is 131 Å². The van der Waals surface area contributed by atoms with Crippen molar-refractivity contribution >= 4 is 5.97 Å². The van der Waals surface area contributed by atoms with Crippen LogP contribution in [-0.2, 0) is 4.79 Å². The van der Waals surface area contributed by atoms with Gasteiger partial charge in [0.1, 0.15) is 0 Å². The minimum atomic E-state index is -7.29. The topological polar surface area (TPSA) is 40.1 Å². The Morgan fingerprint density at radius 1 is 0.840 bits per heavy atom. The SMILES string of the molecule is C=C(CCC(F)(C(F)C(F)(C(F)(F)F)C(F)(F)F)C(F)(F)F)C(=O)[O-]. The molecule has 0 aliphatic rings. The van der Waals surface area contributed by atoms with Crippen LogP contribution in [0.3, 0.4) is 0 Å². The Morgan fingerprint density at radius 2 is 1.20 bits per heavy atom. The molecule has 148 valence electrons. The van der Waals surface area contributed by atoms with Gasteiger partial charge in [-0.3, -0.25) is 0 Å². The number of alkyl halides is 12. The summed E-state index contributed by atoms with van der Waals surface area (Å²) in [5.41, 5.74) is -14.6. The highest BCUT2D eigenvalue weighted by Crippen LogP contribution is 2.56. The zero-order valence-electron chi connectivity index (χ0n) is 11.6. The Balaban J connectivity index is 6.20. The molecule has 2 unspecified atom stereocenters. The maximum atomic E-state index is 13.9. The highest BCUT2D eigenvalue weighted by molar-refractivity contribution is 5.83. The molecule has 2 nitrogen and oxygen atoms in total. The van der Waals surface area contributed by atoms with Crippen LogP contribution in [0.1, 0.15) is 12.8 Å². The first-order valence-corrected chi connectivity index (χ1v) is 5.84. The molecule has 0 bridgehead atoms. The van der Waals surface area contributed by atoms with E-state index in [0.717, 1.165) is 0 Å². The van der Waals surface area contributed by atoms with Crippen LogP contribution in [0.25, 0.3) is 0 Å². The third-order valence-corrected chi connectivity index (χ3v) is 3.13. The second kappa shape index (κ2) is 6.59. The first-order chi connectivity index (χ1) is 10.7. The Hall–Kier alpha value is -1.63. The van der Waals surface area contributed by atoms with Crippen molar-refractivity contribution in [3.8, 4) is 0 Å². The van der Waals surface area contributed by atoms with E-state index in [1.807, 2.05) is 0 Å². The van der Waals surface area contributed by atoms with Crippen LogP contribution >= 0.6 is 0 Å². The van der Waals surface area contributed by atoms with Crippen LogP contribution in [0.5, 0.6) is 0 Å². The van der Waals surface area contributed by atoms with Gasteiger partial charge in [-0.15, -0.1) is 0 Å². The molecule has 0 aliphatic heterocycles. The van der Waals surface area contributed by atoms with Crippen molar-refractivity contribution in [3.05, 3.63) is 12.2 Å². The Bertz CT molecular complexity index is 503. The maximum absolute atomic E-state index is 13.9. The summed E-state index contributed by atoms with van der Waals surface area (Å²) in [5.74, 6) is -2.32. The minimum Gasteiger partial charge on any atom is -0.545 e. The van der Waals surface area contributed by atoms with Crippen LogP contribution in [0.2, 0.25) is 0 Å². The van der Waals surface area contributed by atoms with Gasteiger partial charge in [0.25, 0.3) is 0 Å². The average molecular weight is 399 g/mol. The molecule has 0 saturated carbocycles. The van der Waals surface area contributed by atoms with E-state index in [2.05, 4.69) is 6.58 Å². The number of carboxylic acid groups (broad SMARTS) is 1. The summed E-state index contributed by atoms with van der Waals surface area (Å²) in [5, 5.41) is 10.2. The molecular weight excluding hydrogens is 392 g/mol. The molecule has 14 heteroatoms. The van der Waals surface area contributed by atoms with Gasteiger partial charge in [0.15, 0.2) is 6.17 Å². The molecule has 0 radical (unpaired) electrons. The molecule has 0 saturated heterocycles. The molecule has 0 rings (SSSR count). The summed E-state index contributed by atoms with van der Waals surface area (Å²) in [6.45, 7) is 2.50. The number of rotatable bonds is 6. The molecule has 2 atom stereocenters. The predicted octanol–water partition coefficient (Wildman–Crippen LogP) is 3.51. The molecule has 0 spiro atoms. The largest absolute Gasteiger partial charge is 0.545 e. The standard InChI is InChI=1S/C11H8F12O2/c1-4(5(24)25)2-3-7(13,9(15,16)17)6(12)8(14,10(18,19)20)11(21,22)23/h6H,1-3H2,(H,24,25)/p-1. The summed E-state index contributed by atoms with van der Waals surface area (Å²) < 4.78 is 152. The van der Waals surface area contributed by atoms with E-state index in [-0.39, 0.29) is 0 Å². The first-order valence-electron chi connectivity index (χ1n) is 5.84. The lowest BCUT2D eigenvalue weighted by atomic mass is 9.81. The lowest BCUT2D eigenvalue weighted by Gasteiger charge is -2.40. The van der Waals surface area contributed by atoms with Gasteiger partial charge in [-0.25, -0.2) is 13.2 Å². The maximum Gasteiger partial charge on any atom is 0.434 e. The number of carbonyl (C=O) groups excluding carboxylic acids is 1. The Kier molecular flexibility index (Phi) is 6.16. The minimum absolute atomic E-state index is 1.39. The zero-order chi connectivity index (χ0) is 20.6. The first kappa shape index (κ1) is 23.4. The number of halogens is 12. The summed E-state index contributed by atoms with van der Waals surface area (Å²) in [6.07, 6.45) is -31.5. The lowest BCUT2D eigenvalue weighted by molar-refractivity contribution is -0.383. The third kappa shape index (κ3) is 4.14. The average Bonchev–Trinajstić information content (AvgIpc) is 2.38. The van der Waals surface area contributed by atoms with Crippen LogP contribution in [-0.4, -0.2) is 42.0 Å². The number of hydrogen-bond donors (Lipinski definition) is 0. The number of aliphatic carboxylic acids is 1. The van der Waals surface area contributed by atoms with E-state index < -0.39 is 60.4 Å². The van der Waals surface area contributed by atoms with Gasteiger partial charge in [-0.1, -0.05) is 6.58 Å². The molecule has 0 N–H and O–H groups in total. The van der Waals surface area contributed by atoms with E-state index >= 15 is 0 Å². The number of carbonyl (C=O) groups is 1. The van der Waals surface area contributed by atoms with Crippen molar-refractivity contribution < 1.29 is 62.6 Å². The van der Waals surface area contributed by atoms with Gasteiger partial charge < -0.3 is 9.90 Å². The summed E-state index contributed by atoms with van der Waals surface area (Å²) in [4.78, 5) is 10.2. The fourth-order valence-electron chi connectivity index (χ4n) is 1.61. The summed E-state index contributed by atoms with van der Waals surface area (Å²) in [6, 6.07) is 0. The van der Waals surface area contributed by atoms with Gasteiger partial charge in [0.05, 0.1) is 5.97 Å². The van der Waals surface area contributed by atoms with E-state index in [0.29, 0.717) is 0 Å². The normalized spacial score (nSPS) is 17.8.